The highest BCUT2D eigenvalue weighted by atomic mass is 35.5. The molecule has 0 spiro atoms. The molecule has 1 aliphatic rings. The molecule has 0 N–H and O–H groups in total. The highest BCUT2D eigenvalue weighted by molar-refractivity contribution is 6.33. The first-order valence-electron chi connectivity index (χ1n) is 5.74. The van der Waals surface area contributed by atoms with Gasteiger partial charge in [0.1, 0.15) is 0 Å². The Morgan fingerprint density at radius 3 is 2.71 bits per heavy atom. The highest BCUT2D eigenvalue weighted by Gasteiger charge is 2.29. The van der Waals surface area contributed by atoms with Crippen molar-refractivity contribution in [1.82, 2.24) is 0 Å². The van der Waals surface area contributed by atoms with Crippen LogP contribution >= 0.6 is 23.2 Å². The molecule has 1 aromatic carbocycles. The highest BCUT2D eigenvalue weighted by Crippen LogP contribution is 2.36. The molecule has 0 amide bonds. The molecule has 0 atom stereocenters. The molecular formula is C13H14Cl2N2. The SMILES string of the molecule is N#CCCN(c1ccc(CCl)cc1Cl)C1CC1. The molecule has 0 saturated heterocycles. The van der Waals surface area contributed by atoms with Crippen molar-refractivity contribution in [3.8, 4) is 6.07 Å². The van der Waals surface area contributed by atoms with Gasteiger partial charge in [0.05, 0.1) is 23.2 Å². The lowest BCUT2D eigenvalue weighted by Crippen LogP contribution is -2.26. The minimum Gasteiger partial charge on any atom is -0.366 e. The monoisotopic (exact) mass is 268 g/mol. The zero-order valence-electron chi connectivity index (χ0n) is 9.50. The number of anilines is 1. The van der Waals surface area contributed by atoms with E-state index in [1.165, 1.54) is 12.8 Å². The molecule has 0 radical (unpaired) electrons. The van der Waals surface area contributed by atoms with Gasteiger partial charge in [-0.2, -0.15) is 5.26 Å². The average Bonchev–Trinajstić information content (AvgIpc) is 3.15. The first kappa shape index (κ1) is 12.5. The molecule has 1 aliphatic carbocycles. The maximum atomic E-state index is 8.69. The Balaban J connectivity index is 2.20. The van der Waals surface area contributed by atoms with Crippen LogP contribution < -0.4 is 4.90 Å². The van der Waals surface area contributed by atoms with Gasteiger partial charge < -0.3 is 4.90 Å². The number of rotatable bonds is 5. The summed E-state index contributed by atoms with van der Waals surface area (Å²) >= 11 is 12.0. The lowest BCUT2D eigenvalue weighted by atomic mass is 10.2. The number of hydrogen-bond acceptors (Lipinski definition) is 2. The van der Waals surface area contributed by atoms with E-state index in [9.17, 15) is 0 Å². The molecule has 1 aromatic rings. The van der Waals surface area contributed by atoms with E-state index in [1.54, 1.807) is 0 Å². The molecule has 17 heavy (non-hydrogen) atoms. The Bertz CT molecular complexity index is 436. The molecule has 90 valence electrons. The molecule has 1 saturated carbocycles. The number of nitriles is 1. The van der Waals surface area contributed by atoms with Gasteiger partial charge in [-0.05, 0) is 30.5 Å². The summed E-state index contributed by atoms with van der Waals surface area (Å²) in [6, 6.07) is 8.66. The Hall–Kier alpha value is -0.910. The van der Waals surface area contributed by atoms with E-state index >= 15 is 0 Å². The second-order valence-corrected chi connectivity index (χ2v) is 4.93. The van der Waals surface area contributed by atoms with Crippen molar-refractivity contribution in [3.05, 3.63) is 28.8 Å². The second-order valence-electron chi connectivity index (χ2n) is 4.25. The fraction of sp³-hybridized carbons (Fsp3) is 0.462. The van der Waals surface area contributed by atoms with Gasteiger partial charge in [-0.1, -0.05) is 17.7 Å². The Morgan fingerprint density at radius 2 is 2.18 bits per heavy atom. The third kappa shape index (κ3) is 3.06. The van der Waals surface area contributed by atoms with Crippen LogP contribution in [0.4, 0.5) is 5.69 Å². The number of hydrogen-bond donors (Lipinski definition) is 0. The van der Waals surface area contributed by atoms with Crippen molar-refractivity contribution >= 4 is 28.9 Å². The van der Waals surface area contributed by atoms with Crippen LogP contribution in [0.1, 0.15) is 24.8 Å². The Labute approximate surface area is 112 Å². The number of halogens is 2. The molecule has 2 nitrogen and oxygen atoms in total. The van der Waals surface area contributed by atoms with Crippen LogP contribution in [-0.2, 0) is 5.88 Å². The van der Waals surface area contributed by atoms with Gasteiger partial charge in [0.2, 0.25) is 0 Å². The fourth-order valence-corrected chi connectivity index (χ4v) is 2.40. The van der Waals surface area contributed by atoms with E-state index in [4.69, 9.17) is 28.5 Å². The van der Waals surface area contributed by atoms with Gasteiger partial charge in [0.25, 0.3) is 0 Å². The first-order chi connectivity index (χ1) is 8.26. The lowest BCUT2D eigenvalue weighted by Gasteiger charge is -2.25. The van der Waals surface area contributed by atoms with E-state index in [-0.39, 0.29) is 0 Å². The van der Waals surface area contributed by atoms with Crippen LogP contribution in [0, 0.1) is 11.3 Å². The van der Waals surface area contributed by atoms with Crippen molar-refractivity contribution in [2.24, 2.45) is 0 Å². The van der Waals surface area contributed by atoms with Crippen LogP contribution in [0.5, 0.6) is 0 Å². The van der Waals surface area contributed by atoms with Crippen LogP contribution in [-0.4, -0.2) is 12.6 Å². The van der Waals surface area contributed by atoms with E-state index in [0.717, 1.165) is 22.8 Å². The van der Waals surface area contributed by atoms with Gasteiger partial charge in [-0.3, -0.25) is 0 Å². The van der Waals surface area contributed by atoms with Crippen molar-refractivity contribution < 1.29 is 0 Å². The molecule has 0 unspecified atom stereocenters. The van der Waals surface area contributed by atoms with Crippen LogP contribution in [0.25, 0.3) is 0 Å². The summed E-state index contributed by atoms with van der Waals surface area (Å²) < 4.78 is 0. The average molecular weight is 269 g/mol. The normalized spacial score (nSPS) is 14.4. The molecule has 0 heterocycles. The van der Waals surface area contributed by atoms with Gasteiger partial charge in [-0.25, -0.2) is 0 Å². The van der Waals surface area contributed by atoms with Crippen molar-refractivity contribution in [1.29, 1.82) is 5.26 Å². The summed E-state index contributed by atoms with van der Waals surface area (Å²) in [7, 11) is 0. The van der Waals surface area contributed by atoms with Crippen LogP contribution in [0.3, 0.4) is 0 Å². The summed E-state index contributed by atoms with van der Waals surface area (Å²) in [4.78, 5) is 2.24. The smallest absolute Gasteiger partial charge is 0.0642 e. The van der Waals surface area contributed by atoms with Gasteiger partial charge in [-0.15, -0.1) is 11.6 Å². The van der Waals surface area contributed by atoms with E-state index in [1.807, 2.05) is 18.2 Å². The molecule has 0 aliphatic heterocycles. The molecule has 4 heteroatoms. The number of nitrogens with zero attached hydrogens (tertiary/aromatic N) is 2. The maximum Gasteiger partial charge on any atom is 0.0642 e. The third-order valence-corrected chi connectivity index (χ3v) is 3.54. The summed E-state index contributed by atoms with van der Waals surface area (Å²) in [5.74, 6) is 0.474. The molecule has 2 rings (SSSR count). The van der Waals surface area contributed by atoms with Crippen molar-refractivity contribution in [2.45, 2.75) is 31.2 Å². The molecule has 1 fully saturated rings. The summed E-state index contributed by atoms with van der Waals surface area (Å²) in [5, 5.41) is 9.42. The second kappa shape index (κ2) is 5.62. The third-order valence-electron chi connectivity index (χ3n) is 2.93. The van der Waals surface area contributed by atoms with Crippen molar-refractivity contribution in [2.75, 3.05) is 11.4 Å². The summed E-state index contributed by atoms with van der Waals surface area (Å²) in [5.41, 5.74) is 2.05. The van der Waals surface area contributed by atoms with Gasteiger partial charge >= 0.3 is 0 Å². The van der Waals surface area contributed by atoms with Crippen molar-refractivity contribution in [3.63, 3.8) is 0 Å². The maximum absolute atomic E-state index is 8.69. The number of alkyl halides is 1. The Morgan fingerprint density at radius 1 is 1.41 bits per heavy atom. The zero-order valence-corrected chi connectivity index (χ0v) is 11.0. The van der Waals surface area contributed by atoms with Gasteiger partial charge in [0, 0.05) is 18.5 Å². The quantitative estimate of drug-likeness (QED) is 0.756. The first-order valence-corrected chi connectivity index (χ1v) is 6.65. The predicted octanol–water partition coefficient (Wildman–Crippen LogP) is 3.96. The summed E-state index contributed by atoms with van der Waals surface area (Å²) in [6.07, 6.45) is 2.92. The molecule has 0 bridgehead atoms. The fourth-order valence-electron chi connectivity index (χ4n) is 1.92. The lowest BCUT2D eigenvalue weighted by molar-refractivity contribution is 0.793. The van der Waals surface area contributed by atoms with Gasteiger partial charge in [0.15, 0.2) is 0 Å². The largest absolute Gasteiger partial charge is 0.366 e. The van der Waals surface area contributed by atoms with E-state index < -0.39 is 0 Å². The zero-order chi connectivity index (χ0) is 12.3. The van der Waals surface area contributed by atoms with E-state index in [0.29, 0.717) is 18.3 Å². The number of benzene rings is 1. The standard InChI is InChI=1S/C13H14Cl2N2/c14-9-10-2-5-13(12(15)8-10)17(7-1-6-16)11-3-4-11/h2,5,8,11H,1,3-4,7,9H2. The topological polar surface area (TPSA) is 27.0 Å². The Kier molecular flexibility index (Phi) is 4.15. The predicted molar refractivity (Wildman–Crippen MR) is 71.6 cm³/mol. The van der Waals surface area contributed by atoms with Crippen LogP contribution in [0.15, 0.2) is 18.2 Å². The van der Waals surface area contributed by atoms with E-state index in [2.05, 4.69) is 11.0 Å². The summed E-state index contributed by atoms with van der Waals surface area (Å²) in [6.45, 7) is 0.751. The molecule has 0 aromatic heterocycles. The minimum absolute atomic E-state index is 0.474. The van der Waals surface area contributed by atoms with Crippen LogP contribution in [0.2, 0.25) is 5.02 Å². The minimum atomic E-state index is 0.474. The molecular weight excluding hydrogens is 255 g/mol.